The predicted octanol–water partition coefficient (Wildman–Crippen LogP) is 3.01. The number of hydrogen-bond donors (Lipinski definition) is 1. The van der Waals surface area contributed by atoms with Gasteiger partial charge in [0.25, 0.3) is 0 Å². The second-order valence-electron chi connectivity index (χ2n) is 5.55. The Bertz CT molecular complexity index is 777. The molecule has 0 radical (unpaired) electrons. The molecule has 6 heteroatoms. The summed E-state index contributed by atoms with van der Waals surface area (Å²) in [5, 5.41) is 4.01. The van der Waals surface area contributed by atoms with Crippen LogP contribution in [0.5, 0.6) is 0 Å². The molecule has 2 aromatic rings. The smallest absolute Gasteiger partial charge is 0.240 e. The molecule has 1 aliphatic heterocycles. The molecule has 24 heavy (non-hydrogen) atoms. The normalized spacial score (nSPS) is 16.1. The third-order valence-electron chi connectivity index (χ3n) is 3.71. The van der Waals surface area contributed by atoms with Gasteiger partial charge in [0.15, 0.2) is 6.23 Å². The fraction of sp³-hybridized carbons (Fsp3) is 0.222. The van der Waals surface area contributed by atoms with E-state index in [0.29, 0.717) is 17.0 Å². The van der Waals surface area contributed by atoms with Crippen LogP contribution >= 0.6 is 0 Å². The van der Waals surface area contributed by atoms with E-state index in [0.717, 1.165) is 5.69 Å². The number of amides is 1. The minimum absolute atomic E-state index is 0.147. The molecule has 1 N–H and O–H groups in total. The highest BCUT2D eigenvalue weighted by Crippen LogP contribution is 2.20. The fourth-order valence-corrected chi connectivity index (χ4v) is 2.47. The van der Waals surface area contributed by atoms with Crippen molar-refractivity contribution in [3.8, 4) is 0 Å². The van der Waals surface area contributed by atoms with Crippen LogP contribution in [0, 0.1) is 5.82 Å². The summed E-state index contributed by atoms with van der Waals surface area (Å²) in [6.45, 7) is 3.44. The number of ether oxygens (including phenoxy) is 1. The first kappa shape index (κ1) is 16.0. The van der Waals surface area contributed by atoms with E-state index in [-0.39, 0.29) is 18.7 Å². The molecule has 0 fully saturated rings. The van der Waals surface area contributed by atoms with E-state index in [4.69, 9.17) is 4.74 Å². The quantitative estimate of drug-likeness (QED) is 0.939. The SMILES string of the molecule is CC(=O)N(Cc1ccc(C2=NNC(C)O2)cc1F)c1ccccc1. The average Bonchev–Trinajstić information content (AvgIpc) is 3.00. The van der Waals surface area contributed by atoms with Crippen LogP contribution in [0.4, 0.5) is 10.1 Å². The summed E-state index contributed by atoms with van der Waals surface area (Å²) in [7, 11) is 0. The molecule has 1 heterocycles. The van der Waals surface area contributed by atoms with Gasteiger partial charge in [-0.05, 0) is 31.2 Å². The topological polar surface area (TPSA) is 53.9 Å². The van der Waals surface area contributed by atoms with Crippen molar-refractivity contribution in [3.05, 3.63) is 65.5 Å². The number of nitrogens with zero attached hydrogens (tertiary/aromatic N) is 2. The van der Waals surface area contributed by atoms with Gasteiger partial charge in [0.2, 0.25) is 11.8 Å². The van der Waals surface area contributed by atoms with E-state index >= 15 is 0 Å². The van der Waals surface area contributed by atoms with Gasteiger partial charge in [-0.2, -0.15) is 0 Å². The number of hydrazone groups is 1. The second kappa shape index (κ2) is 6.70. The Morgan fingerprint density at radius 2 is 2.04 bits per heavy atom. The molecule has 0 saturated carbocycles. The van der Waals surface area contributed by atoms with Crippen molar-refractivity contribution in [1.82, 2.24) is 5.43 Å². The number of benzene rings is 2. The molecular formula is C18H18FN3O2. The van der Waals surface area contributed by atoms with E-state index in [1.165, 1.54) is 17.9 Å². The summed E-state index contributed by atoms with van der Waals surface area (Å²) < 4.78 is 19.9. The summed E-state index contributed by atoms with van der Waals surface area (Å²) >= 11 is 0. The lowest BCUT2D eigenvalue weighted by molar-refractivity contribution is -0.116. The number of carbonyl (C=O) groups excluding carboxylic acids is 1. The van der Waals surface area contributed by atoms with Gasteiger partial charge in [-0.1, -0.05) is 24.3 Å². The lowest BCUT2D eigenvalue weighted by Gasteiger charge is -2.21. The molecule has 5 nitrogen and oxygen atoms in total. The molecule has 1 unspecified atom stereocenters. The molecule has 0 aromatic heterocycles. The van der Waals surface area contributed by atoms with Crippen LogP contribution in [0.1, 0.15) is 25.0 Å². The molecule has 0 saturated heterocycles. The summed E-state index contributed by atoms with van der Waals surface area (Å²) in [4.78, 5) is 13.5. The summed E-state index contributed by atoms with van der Waals surface area (Å²) in [6, 6.07) is 14.0. The highest BCUT2D eigenvalue weighted by atomic mass is 19.1. The maximum Gasteiger partial charge on any atom is 0.240 e. The minimum atomic E-state index is -0.402. The van der Waals surface area contributed by atoms with Crippen molar-refractivity contribution in [1.29, 1.82) is 0 Å². The van der Waals surface area contributed by atoms with E-state index in [9.17, 15) is 9.18 Å². The average molecular weight is 327 g/mol. The minimum Gasteiger partial charge on any atom is -0.451 e. The van der Waals surface area contributed by atoms with Crippen LogP contribution in [-0.2, 0) is 16.1 Å². The number of carbonyl (C=O) groups is 1. The van der Waals surface area contributed by atoms with Crippen molar-refractivity contribution < 1.29 is 13.9 Å². The second-order valence-corrected chi connectivity index (χ2v) is 5.55. The summed E-state index contributed by atoms with van der Waals surface area (Å²) in [5.41, 5.74) is 4.48. The van der Waals surface area contributed by atoms with Gasteiger partial charge in [0, 0.05) is 23.7 Å². The first-order chi connectivity index (χ1) is 11.5. The zero-order chi connectivity index (χ0) is 17.1. The number of nitrogens with one attached hydrogen (secondary N) is 1. The van der Waals surface area contributed by atoms with Crippen LogP contribution in [0.25, 0.3) is 0 Å². The van der Waals surface area contributed by atoms with Gasteiger partial charge in [-0.15, -0.1) is 5.10 Å². The zero-order valence-corrected chi connectivity index (χ0v) is 13.5. The van der Waals surface area contributed by atoms with Crippen molar-refractivity contribution in [2.75, 3.05) is 4.90 Å². The van der Waals surface area contributed by atoms with Crippen molar-refractivity contribution in [3.63, 3.8) is 0 Å². The number of para-hydroxylation sites is 1. The number of hydrogen-bond acceptors (Lipinski definition) is 4. The lowest BCUT2D eigenvalue weighted by atomic mass is 10.1. The number of anilines is 1. The van der Waals surface area contributed by atoms with Crippen molar-refractivity contribution >= 4 is 17.5 Å². The Kier molecular flexibility index (Phi) is 4.46. The molecule has 3 rings (SSSR count). The van der Waals surface area contributed by atoms with E-state index in [1.54, 1.807) is 12.1 Å². The number of rotatable bonds is 4. The highest BCUT2D eigenvalue weighted by Gasteiger charge is 2.19. The first-order valence-electron chi connectivity index (χ1n) is 7.66. The van der Waals surface area contributed by atoms with Crippen LogP contribution in [0.2, 0.25) is 0 Å². The van der Waals surface area contributed by atoms with Crippen LogP contribution in [0.15, 0.2) is 53.6 Å². The molecule has 124 valence electrons. The van der Waals surface area contributed by atoms with E-state index < -0.39 is 5.82 Å². The Morgan fingerprint density at radius 1 is 1.29 bits per heavy atom. The van der Waals surface area contributed by atoms with Crippen LogP contribution in [0.3, 0.4) is 0 Å². The molecular weight excluding hydrogens is 309 g/mol. The Balaban J connectivity index is 1.83. The van der Waals surface area contributed by atoms with Gasteiger partial charge in [0.05, 0.1) is 6.54 Å². The molecule has 0 spiro atoms. The molecule has 0 aliphatic carbocycles. The Labute approximate surface area is 139 Å². The summed E-state index contributed by atoms with van der Waals surface area (Å²) in [6.07, 6.45) is -0.228. The molecule has 1 aliphatic rings. The van der Waals surface area contributed by atoms with Gasteiger partial charge < -0.3 is 9.64 Å². The monoisotopic (exact) mass is 327 g/mol. The Morgan fingerprint density at radius 3 is 2.62 bits per heavy atom. The molecule has 0 bridgehead atoms. The van der Waals surface area contributed by atoms with Crippen molar-refractivity contribution in [2.24, 2.45) is 5.10 Å². The highest BCUT2D eigenvalue weighted by molar-refractivity contribution is 5.95. The van der Waals surface area contributed by atoms with Crippen LogP contribution < -0.4 is 10.3 Å². The van der Waals surface area contributed by atoms with Gasteiger partial charge in [-0.25, -0.2) is 4.39 Å². The third kappa shape index (κ3) is 3.37. The third-order valence-corrected chi connectivity index (χ3v) is 3.71. The molecule has 1 atom stereocenters. The standard InChI is InChI=1S/C18H18FN3O2/c1-12-20-21-18(24-12)14-8-9-15(17(19)10-14)11-22(13(2)23)16-6-4-3-5-7-16/h3-10,12,20H,11H2,1-2H3. The lowest BCUT2D eigenvalue weighted by Crippen LogP contribution is -2.28. The van der Waals surface area contributed by atoms with Gasteiger partial charge in [0.1, 0.15) is 5.82 Å². The fourth-order valence-electron chi connectivity index (χ4n) is 2.47. The van der Waals surface area contributed by atoms with Crippen molar-refractivity contribution in [2.45, 2.75) is 26.6 Å². The largest absolute Gasteiger partial charge is 0.451 e. The molecule has 2 aromatic carbocycles. The Hall–Kier alpha value is -2.89. The maximum atomic E-state index is 14.5. The predicted molar refractivity (Wildman–Crippen MR) is 89.9 cm³/mol. The summed E-state index contributed by atoms with van der Waals surface area (Å²) in [5.74, 6) is -0.189. The maximum absolute atomic E-state index is 14.5. The van der Waals surface area contributed by atoms with Gasteiger partial charge in [-0.3, -0.25) is 10.2 Å². The van der Waals surface area contributed by atoms with Gasteiger partial charge >= 0.3 is 0 Å². The number of halogens is 1. The van der Waals surface area contributed by atoms with Crippen LogP contribution in [-0.4, -0.2) is 18.0 Å². The van der Waals surface area contributed by atoms with E-state index in [2.05, 4.69) is 10.5 Å². The zero-order valence-electron chi connectivity index (χ0n) is 13.5. The first-order valence-corrected chi connectivity index (χ1v) is 7.66. The van der Waals surface area contributed by atoms with E-state index in [1.807, 2.05) is 37.3 Å². The molecule has 1 amide bonds.